The van der Waals surface area contributed by atoms with Crippen LogP contribution in [0.2, 0.25) is 5.02 Å². The van der Waals surface area contributed by atoms with Crippen molar-refractivity contribution in [3.63, 3.8) is 0 Å². The van der Waals surface area contributed by atoms with Crippen LogP contribution >= 0.6 is 27.5 Å². The zero-order chi connectivity index (χ0) is 31.1. The molecule has 1 unspecified atom stereocenters. The Kier molecular flexibility index (Phi) is 8.72. The Morgan fingerprint density at radius 3 is 2.40 bits per heavy atom. The molecule has 4 rings (SSSR count). The molecule has 1 atom stereocenters. The van der Waals surface area contributed by atoms with Gasteiger partial charge in [0.2, 0.25) is 10.0 Å². The SMILES string of the molecule is Cn1nc(NS(C)(=O)=O)c2c(Cl)ccc(-c3cc(N)c(Br)nc3C(Cc3cc(F)cc(F)c3)NC(=O)OC(C)(C)C)c21. The minimum atomic E-state index is -3.70. The second-order valence-corrected chi connectivity index (χ2v) is 13.6. The Balaban J connectivity index is 1.96. The number of nitrogen functional groups attached to an aromatic ring is 1. The number of nitrogens with one attached hydrogen (secondary N) is 2. The molecule has 0 aliphatic heterocycles. The van der Waals surface area contributed by atoms with E-state index in [2.05, 4.69) is 36.1 Å². The summed E-state index contributed by atoms with van der Waals surface area (Å²) in [4.78, 5) is 17.6. The van der Waals surface area contributed by atoms with Crippen molar-refractivity contribution in [1.29, 1.82) is 0 Å². The molecular weight excluding hydrogens is 658 g/mol. The summed E-state index contributed by atoms with van der Waals surface area (Å²) >= 11 is 9.85. The molecule has 2 heterocycles. The van der Waals surface area contributed by atoms with Gasteiger partial charge in [-0.05, 0) is 73.0 Å². The molecule has 0 saturated carbocycles. The number of halogens is 4. The molecule has 0 radical (unpaired) electrons. The highest BCUT2D eigenvalue weighted by Crippen LogP contribution is 2.41. The third kappa shape index (κ3) is 7.28. The van der Waals surface area contributed by atoms with Gasteiger partial charge in [0.05, 0.1) is 39.6 Å². The van der Waals surface area contributed by atoms with E-state index in [4.69, 9.17) is 22.1 Å². The average molecular weight is 686 g/mol. The van der Waals surface area contributed by atoms with Crippen LogP contribution in [0.4, 0.5) is 25.1 Å². The summed E-state index contributed by atoms with van der Waals surface area (Å²) in [6.07, 6.45) is 0.129. The Morgan fingerprint density at radius 1 is 1.17 bits per heavy atom. The van der Waals surface area contributed by atoms with E-state index in [0.717, 1.165) is 24.5 Å². The van der Waals surface area contributed by atoms with Gasteiger partial charge in [-0.15, -0.1) is 0 Å². The van der Waals surface area contributed by atoms with Crippen LogP contribution in [0, 0.1) is 11.6 Å². The summed E-state index contributed by atoms with van der Waals surface area (Å²) in [5.41, 5.74) is 7.53. The molecule has 2 aromatic carbocycles. The van der Waals surface area contributed by atoms with E-state index in [1.165, 1.54) is 4.68 Å². The van der Waals surface area contributed by atoms with Crippen LogP contribution in [-0.4, -0.2) is 41.1 Å². The number of aryl methyl sites for hydroxylation is 1. The number of sulfonamides is 1. The first-order valence-corrected chi connectivity index (χ1v) is 15.5. The quantitative estimate of drug-likeness (QED) is 0.200. The Labute approximate surface area is 254 Å². The van der Waals surface area contributed by atoms with Crippen molar-refractivity contribution in [2.75, 3.05) is 16.7 Å². The van der Waals surface area contributed by atoms with E-state index >= 15 is 0 Å². The molecule has 4 N–H and O–H groups in total. The molecule has 0 fully saturated rings. The molecule has 42 heavy (non-hydrogen) atoms. The van der Waals surface area contributed by atoms with E-state index in [-0.39, 0.29) is 38.8 Å². The fourth-order valence-electron chi connectivity index (χ4n) is 4.47. The standard InChI is InChI=1S/C27H28BrClF2N6O4S/c1-27(2,3)41-26(38)33-20(10-13-8-14(30)11-15(31)9-13)22-17(12-19(32)24(28)34-22)16-6-7-18(29)21-23(16)37(4)35-25(21)36-42(5,39)40/h6-9,11-12,20H,10,32H2,1-5H3,(H,33,38)(H,35,36). The normalized spacial score (nSPS) is 12.8. The Morgan fingerprint density at radius 2 is 1.81 bits per heavy atom. The highest BCUT2D eigenvalue weighted by molar-refractivity contribution is 9.10. The first-order valence-electron chi connectivity index (χ1n) is 12.5. The van der Waals surface area contributed by atoms with Gasteiger partial charge in [-0.25, -0.2) is 27.0 Å². The molecule has 10 nitrogen and oxygen atoms in total. The van der Waals surface area contributed by atoms with Crippen molar-refractivity contribution in [2.45, 2.75) is 38.8 Å². The monoisotopic (exact) mass is 684 g/mol. The topological polar surface area (TPSA) is 141 Å². The van der Waals surface area contributed by atoms with Gasteiger partial charge in [0, 0.05) is 24.2 Å². The number of benzene rings is 2. The summed E-state index contributed by atoms with van der Waals surface area (Å²) in [5, 5.41) is 7.64. The Hall–Kier alpha value is -3.49. The number of carbonyl (C=O) groups excluding carboxylic acids is 1. The maximum atomic E-state index is 14.1. The van der Waals surface area contributed by atoms with E-state index in [1.807, 2.05) is 0 Å². The van der Waals surface area contributed by atoms with E-state index < -0.39 is 39.4 Å². The smallest absolute Gasteiger partial charge is 0.408 e. The van der Waals surface area contributed by atoms with Crippen molar-refractivity contribution in [3.8, 4) is 11.1 Å². The molecule has 15 heteroatoms. The number of alkyl carbamates (subject to hydrolysis) is 1. The van der Waals surface area contributed by atoms with Crippen molar-refractivity contribution in [1.82, 2.24) is 20.1 Å². The lowest BCUT2D eigenvalue weighted by molar-refractivity contribution is 0.0502. The van der Waals surface area contributed by atoms with Crippen molar-refractivity contribution in [3.05, 3.63) is 68.9 Å². The Bertz CT molecular complexity index is 1790. The van der Waals surface area contributed by atoms with E-state index in [0.29, 0.717) is 22.0 Å². The van der Waals surface area contributed by atoms with Gasteiger partial charge in [0.25, 0.3) is 0 Å². The third-order valence-corrected chi connectivity index (χ3v) is 7.44. The van der Waals surface area contributed by atoms with Crippen LogP contribution in [0.25, 0.3) is 22.0 Å². The van der Waals surface area contributed by atoms with Crippen LogP contribution in [0.3, 0.4) is 0 Å². The predicted octanol–water partition coefficient (Wildman–Crippen LogP) is 6.09. The number of aromatic nitrogens is 3. The first-order chi connectivity index (χ1) is 19.4. The van der Waals surface area contributed by atoms with Gasteiger partial charge in [-0.1, -0.05) is 17.7 Å². The molecule has 0 spiro atoms. The van der Waals surface area contributed by atoms with Gasteiger partial charge in [0.15, 0.2) is 5.82 Å². The summed E-state index contributed by atoms with van der Waals surface area (Å²) < 4.78 is 61.9. The van der Waals surface area contributed by atoms with Gasteiger partial charge in [-0.2, -0.15) is 5.10 Å². The molecule has 2 aromatic heterocycles. The molecule has 0 aliphatic carbocycles. The number of pyridine rings is 1. The molecule has 0 bridgehead atoms. The molecule has 0 aliphatic rings. The minimum absolute atomic E-state index is 0.0140. The zero-order valence-corrected chi connectivity index (χ0v) is 26.4. The van der Waals surface area contributed by atoms with Crippen LogP contribution in [0.5, 0.6) is 0 Å². The van der Waals surface area contributed by atoms with E-state index in [1.54, 1.807) is 46.0 Å². The van der Waals surface area contributed by atoms with Gasteiger partial charge in [0.1, 0.15) is 21.8 Å². The third-order valence-electron chi connectivity index (χ3n) is 5.93. The number of nitrogens with zero attached hydrogens (tertiary/aromatic N) is 3. The largest absolute Gasteiger partial charge is 0.444 e. The van der Waals surface area contributed by atoms with Crippen molar-refractivity contribution < 1.29 is 26.7 Å². The number of carbonyl (C=O) groups is 1. The van der Waals surface area contributed by atoms with Crippen LogP contribution in [-0.2, 0) is 28.2 Å². The molecular formula is C27H28BrClF2N6O4S. The summed E-state index contributed by atoms with van der Waals surface area (Å²) in [6, 6.07) is 6.94. The van der Waals surface area contributed by atoms with E-state index in [9.17, 15) is 22.0 Å². The highest BCUT2D eigenvalue weighted by atomic mass is 79.9. The lowest BCUT2D eigenvalue weighted by Gasteiger charge is -2.25. The number of hydrogen-bond acceptors (Lipinski definition) is 7. The number of fused-ring (bicyclic) bond motifs is 1. The van der Waals surface area contributed by atoms with Crippen molar-refractivity contribution >= 4 is 66.1 Å². The number of ether oxygens (including phenoxy) is 1. The second kappa shape index (κ2) is 11.7. The summed E-state index contributed by atoms with van der Waals surface area (Å²) in [5.74, 6) is -1.55. The molecule has 224 valence electrons. The number of anilines is 2. The lowest BCUT2D eigenvalue weighted by Crippen LogP contribution is -2.36. The summed E-state index contributed by atoms with van der Waals surface area (Å²) in [6.45, 7) is 5.09. The van der Waals surface area contributed by atoms with Crippen LogP contribution in [0.1, 0.15) is 38.1 Å². The molecule has 4 aromatic rings. The minimum Gasteiger partial charge on any atom is -0.444 e. The number of rotatable bonds is 7. The average Bonchev–Trinajstić information content (AvgIpc) is 3.13. The van der Waals surface area contributed by atoms with Gasteiger partial charge >= 0.3 is 6.09 Å². The number of nitrogens with two attached hydrogens (primary N) is 1. The maximum absolute atomic E-state index is 14.1. The van der Waals surface area contributed by atoms with Crippen molar-refractivity contribution in [2.24, 2.45) is 7.05 Å². The summed E-state index contributed by atoms with van der Waals surface area (Å²) in [7, 11) is -2.09. The lowest BCUT2D eigenvalue weighted by atomic mass is 9.94. The highest BCUT2D eigenvalue weighted by Gasteiger charge is 2.28. The molecule has 1 amide bonds. The number of hydrogen-bond donors (Lipinski definition) is 3. The second-order valence-electron chi connectivity index (χ2n) is 10.6. The van der Waals surface area contributed by atoms with Crippen LogP contribution in [0.15, 0.2) is 41.0 Å². The zero-order valence-electron chi connectivity index (χ0n) is 23.2. The van der Waals surface area contributed by atoms with Crippen LogP contribution < -0.4 is 15.8 Å². The number of amides is 1. The fourth-order valence-corrected chi connectivity index (χ4v) is 5.52. The van der Waals surface area contributed by atoms with Gasteiger partial charge < -0.3 is 15.8 Å². The predicted molar refractivity (Wildman–Crippen MR) is 162 cm³/mol. The molecule has 0 saturated heterocycles. The fraction of sp³-hybridized carbons (Fsp3) is 0.296. The maximum Gasteiger partial charge on any atom is 0.408 e. The van der Waals surface area contributed by atoms with Gasteiger partial charge in [-0.3, -0.25) is 9.40 Å². The first kappa shape index (κ1) is 31.4.